The van der Waals surface area contributed by atoms with E-state index in [1.165, 1.54) is 6.92 Å². The molecule has 1 N–H and O–H groups in total. The number of hydrazone groups is 1. The molecular formula is C24H19Cl2N5OS. The molecule has 166 valence electrons. The Morgan fingerprint density at radius 2 is 1.79 bits per heavy atom. The number of aromatic nitrogens is 3. The number of anilines is 1. The molecule has 1 heterocycles. The summed E-state index contributed by atoms with van der Waals surface area (Å²) in [6.07, 6.45) is 0. The van der Waals surface area contributed by atoms with Crippen molar-refractivity contribution in [1.29, 1.82) is 0 Å². The van der Waals surface area contributed by atoms with Crippen molar-refractivity contribution in [3.8, 4) is 17.1 Å². The summed E-state index contributed by atoms with van der Waals surface area (Å²) in [5.74, 6) is 0.328. The Kier molecular flexibility index (Phi) is 7.13. The second kappa shape index (κ2) is 10.2. The highest BCUT2D eigenvalue weighted by molar-refractivity contribution is 8.15. The van der Waals surface area contributed by atoms with Gasteiger partial charge in [-0.05, 0) is 66.7 Å². The number of benzene rings is 3. The second-order valence-corrected chi connectivity index (χ2v) is 8.96. The fraction of sp³-hybridized carbons (Fsp3) is 0.0833. The first kappa shape index (κ1) is 23.0. The van der Waals surface area contributed by atoms with Crippen molar-refractivity contribution in [2.24, 2.45) is 5.10 Å². The first-order valence-electron chi connectivity index (χ1n) is 9.98. The van der Waals surface area contributed by atoms with Crippen molar-refractivity contribution in [2.75, 3.05) is 5.43 Å². The van der Waals surface area contributed by atoms with E-state index < -0.39 is 0 Å². The van der Waals surface area contributed by atoms with Crippen LogP contribution in [-0.4, -0.2) is 25.6 Å². The van der Waals surface area contributed by atoms with Crippen molar-refractivity contribution < 1.29 is 4.79 Å². The fourth-order valence-corrected chi connectivity index (χ4v) is 4.35. The van der Waals surface area contributed by atoms with Gasteiger partial charge < -0.3 is 0 Å². The van der Waals surface area contributed by atoms with Crippen molar-refractivity contribution in [3.63, 3.8) is 0 Å². The number of carbonyl (C=O) groups is 1. The van der Waals surface area contributed by atoms with E-state index in [1.807, 2.05) is 66.1 Å². The Labute approximate surface area is 205 Å². The molecule has 33 heavy (non-hydrogen) atoms. The van der Waals surface area contributed by atoms with Crippen molar-refractivity contribution in [3.05, 3.63) is 88.4 Å². The molecule has 0 spiro atoms. The van der Waals surface area contributed by atoms with Gasteiger partial charge in [0, 0.05) is 23.2 Å². The van der Waals surface area contributed by atoms with Crippen LogP contribution in [0.2, 0.25) is 10.0 Å². The van der Waals surface area contributed by atoms with Crippen LogP contribution in [0.3, 0.4) is 0 Å². The third-order valence-electron chi connectivity index (χ3n) is 4.61. The number of aryl methyl sites for hydroxylation is 1. The van der Waals surface area contributed by atoms with Crippen molar-refractivity contribution >= 4 is 51.5 Å². The van der Waals surface area contributed by atoms with Crippen LogP contribution in [0.25, 0.3) is 17.1 Å². The molecule has 4 rings (SSSR count). The predicted octanol–water partition coefficient (Wildman–Crippen LogP) is 6.66. The quantitative estimate of drug-likeness (QED) is 0.140. The van der Waals surface area contributed by atoms with Gasteiger partial charge in [-0.1, -0.05) is 53.5 Å². The number of halogens is 2. The molecule has 0 unspecified atom stereocenters. The molecule has 6 nitrogen and oxygen atoms in total. The van der Waals surface area contributed by atoms with E-state index >= 15 is 0 Å². The van der Waals surface area contributed by atoms with Crippen LogP contribution in [-0.2, 0) is 4.79 Å². The highest BCUT2D eigenvalue weighted by Gasteiger charge is 2.21. The van der Waals surface area contributed by atoms with Gasteiger partial charge in [0.05, 0.1) is 10.7 Å². The van der Waals surface area contributed by atoms with Gasteiger partial charge in [-0.15, -0.1) is 10.2 Å². The topological polar surface area (TPSA) is 72.2 Å². The van der Waals surface area contributed by atoms with Gasteiger partial charge in [0.25, 0.3) is 0 Å². The maximum Gasteiger partial charge on any atom is 0.202 e. The summed E-state index contributed by atoms with van der Waals surface area (Å²) < 4.78 is 1.84. The summed E-state index contributed by atoms with van der Waals surface area (Å²) in [4.78, 5) is 12.4. The molecule has 0 fully saturated rings. The van der Waals surface area contributed by atoms with Crippen LogP contribution in [0.1, 0.15) is 12.5 Å². The minimum atomic E-state index is -0.200. The highest BCUT2D eigenvalue weighted by atomic mass is 35.5. The maximum absolute atomic E-state index is 12.4. The van der Waals surface area contributed by atoms with E-state index in [0.29, 0.717) is 26.6 Å². The lowest BCUT2D eigenvalue weighted by Crippen LogP contribution is -2.10. The maximum atomic E-state index is 12.4. The van der Waals surface area contributed by atoms with Gasteiger partial charge in [0.2, 0.25) is 5.16 Å². The lowest BCUT2D eigenvalue weighted by atomic mass is 10.2. The molecule has 0 atom stereocenters. The number of rotatable bonds is 6. The first-order chi connectivity index (χ1) is 15.9. The van der Waals surface area contributed by atoms with Gasteiger partial charge >= 0.3 is 0 Å². The molecule has 0 saturated carbocycles. The molecule has 9 heteroatoms. The zero-order chi connectivity index (χ0) is 23.4. The van der Waals surface area contributed by atoms with E-state index in [2.05, 4.69) is 20.7 Å². The van der Waals surface area contributed by atoms with Crippen LogP contribution in [0.5, 0.6) is 0 Å². The van der Waals surface area contributed by atoms with Gasteiger partial charge in [0.1, 0.15) is 0 Å². The van der Waals surface area contributed by atoms with Gasteiger partial charge in [-0.2, -0.15) is 5.10 Å². The Bertz CT molecular complexity index is 1340. The van der Waals surface area contributed by atoms with Crippen molar-refractivity contribution in [2.45, 2.75) is 19.0 Å². The minimum absolute atomic E-state index is 0.200. The molecule has 0 aliphatic rings. The van der Waals surface area contributed by atoms with Crippen LogP contribution < -0.4 is 5.43 Å². The average molecular weight is 496 g/mol. The monoisotopic (exact) mass is 495 g/mol. The molecule has 0 saturated heterocycles. The number of nitrogens with zero attached hydrogens (tertiary/aromatic N) is 4. The Balaban J connectivity index is 1.75. The lowest BCUT2D eigenvalue weighted by molar-refractivity contribution is -0.110. The molecule has 3 aromatic carbocycles. The number of para-hydroxylation sites is 1. The molecule has 0 radical (unpaired) electrons. The summed E-state index contributed by atoms with van der Waals surface area (Å²) >= 11 is 13.7. The van der Waals surface area contributed by atoms with E-state index in [0.717, 1.165) is 28.7 Å². The highest BCUT2D eigenvalue weighted by Crippen LogP contribution is 2.34. The number of thioether (sulfide) groups is 1. The van der Waals surface area contributed by atoms with E-state index in [4.69, 9.17) is 23.2 Å². The van der Waals surface area contributed by atoms with E-state index in [-0.39, 0.29) is 10.8 Å². The minimum Gasteiger partial charge on any atom is -0.292 e. The third kappa shape index (κ3) is 5.45. The number of ketones is 1. The molecular weight excluding hydrogens is 477 g/mol. The van der Waals surface area contributed by atoms with Crippen LogP contribution >= 0.6 is 35.0 Å². The molecule has 1 aromatic heterocycles. The van der Waals surface area contributed by atoms with Crippen molar-refractivity contribution in [1.82, 2.24) is 14.8 Å². The predicted molar refractivity (Wildman–Crippen MR) is 136 cm³/mol. The summed E-state index contributed by atoms with van der Waals surface area (Å²) in [5.41, 5.74) is 6.31. The third-order valence-corrected chi connectivity index (χ3v) is 6.18. The van der Waals surface area contributed by atoms with E-state index in [9.17, 15) is 4.79 Å². The Hall–Kier alpha value is -3.13. The summed E-state index contributed by atoms with van der Waals surface area (Å²) in [5, 5.41) is 14.7. The molecule has 0 amide bonds. The molecule has 4 aromatic rings. The smallest absolute Gasteiger partial charge is 0.202 e. The summed E-state index contributed by atoms with van der Waals surface area (Å²) in [6.45, 7) is 3.45. The standard InChI is InChI=1S/C24H19Cl2N5OS/c1-15-7-6-8-18(13-15)27-29-23(16(2)32)33-24-30-28-22(20-12-11-17(25)14-21(20)26)31(24)19-9-4-3-5-10-19/h3-14,27H,1-2H3/b29-23+. The zero-order valence-corrected chi connectivity index (χ0v) is 20.1. The first-order valence-corrected chi connectivity index (χ1v) is 11.5. The second-order valence-electron chi connectivity index (χ2n) is 7.16. The lowest BCUT2D eigenvalue weighted by Gasteiger charge is -2.11. The summed E-state index contributed by atoms with van der Waals surface area (Å²) in [6, 6.07) is 22.5. The van der Waals surface area contributed by atoms with Gasteiger partial charge in [0.15, 0.2) is 16.7 Å². The average Bonchev–Trinajstić information content (AvgIpc) is 3.20. The number of hydrogen-bond donors (Lipinski definition) is 1. The zero-order valence-electron chi connectivity index (χ0n) is 17.8. The normalized spacial score (nSPS) is 11.5. The summed E-state index contributed by atoms with van der Waals surface area (Å²) in [7, 11) is 0. The number of nitrogens with one attached hydrogen (secondary N) is 1. The van der Waals surface area contributed by atoms with Crippen LogP contribution in [0.4, 0.5) is 5.69 Å². The van der Waals surface area contributed by atoms with Gasteiger partial charge in [-0.25, -0.2) is 0 Å². The number of carbonyl (C=O) groups excluding carboxylic acids is 1. The SMILES string of the molecule is CC(=O)/C(=N\Nc1cccc(C)c1)Sc1nnc(-c2ccc(Cl)cc2Cl)n1-c1ccccc1. The molecule has 0 bridgehead atoms. The molecule has 0 aliphatic carbocycles. The largest absolute Gasteiger partial charge is 0.292 e. The molecule has 0 aliphatic heterocycles. The Morgan fingerprint density at radius 3 is 2.48 bits per heavy atom. The van der Waals surface area contributed by atoms with Crippen LogP contribution in [0, 0.1) is 6.92 Å². The van der Waals surface area contributed by atoms with E-state index in [1.54, 1.807) is 18.2 Å². The number of Topliss-reactive ketones (excluding diaryl/α,β-unsaturated/α-hetero) is 1. The number of hydrogen-bond acceptors (Lipinski definition) is 6. The van der Waals surface area contributed by atoms with Gasteiger partial charge in [-0.3, -0.25) is 14.8 Å². The fourth-order valence-electron chi connectivity index (χ4n) is 3.08. The van der Waals surface area contributed by atoms with Crippen LogP contribution in [0.15, 0.2) is 83.1 Å². The Morgan fingerprint density at radius 1 is 1.00 bits per heavy atom.